The smallest absolute Gasteiger partial charge is 0.360 e. The summed E-state index contributed by atoms with van der Waals surface area (Å²) in [6, 6.07) is 9.43. The zero-order chi connectivity index (χ0) is 19.4. The summed E-state index contributed by atoms with van der Waals surface area (Å²) in [4.78, 5) is 29.3. The first-order chi connectivity index (χ1) is 12.8. The van der Waals surface area contributed by atoms with Gasteiger partial charge in [0, 0.05) is 42.4 Å². The third-order valence-corrected chi connectivity index (χ3v) is 4.51. The van der Waals surface area contributed by atoms with E-state index in [1.165, 1.54) is 18.3 Å². The van der Waals surface area contributed by atoms with Gasteiger partial charge in [-0.3, -0.25) is 9.59 Å². The Bertz CT molecular complexity index is 843. The SMILES string of the molecule is O=C1CN(c2ccc(NC(=O)c3cccnc3SC(F)(F)F)cc2)CCN1. The van der Waals surface area contributed by atoms with Gasteiger partial charge in [0.1, 0.15) is 5.03 Å². The summed E-state index contributed by atoms with van der Waals surface area (Å²) < 4.78 is 37.9. The highest BCUT2D eigenvalue weighted by molar-refractivity contribution is 8.00. The molecule has 27 heavy (non-hydrogen) atoms. The zero-order valence-corrected chi connectivity index (χ0v) is 14.7. The highest BCUT2D eigenvalue weighted by atomic mass is 32.2. The molecule has 2 heterocycles. The van der Waals surface area contributed by atoms with Crippen molar-refractivity contribution in [2.45, 2.75) is 10.5 Å². The minimum absolute atomic E-state index is 0.0649. The van der Waals surface area contributed by atoms with Gasteiger partial charge < -0.3 is 15.5 Å². The number of nitrogens with zero attached hydrogens (tertiary/aromatic N) is 2. The molecule has 0 radical (unpaired) electrons. The van der Waals surface area contributed by atoms with Crippen molar-refractivity contribution in [2.24, 2.45) is 0 Å². The summed E-state index contributed by atoms with van der Waals surface area (Å²) >= 11 is -0.429. The molecule has 2 N–H and O–H groups in total. The predicted octanol–water partition coefficient (Wildman–Crippen LogP) is 2.88. The Morgan fingerprint density at radius 3 is 2.63 bits per heavy atom. The highest BCUT2D eigenvalue weighted by Gasteiger charge is 2.32. The van der Waals surface area contributed by atoms with E-state index in [1.807, 2.05) is 4.90 Å². The van der Waals surface area contributed by atoms with E-state index in [9.17, 15) is 22.8 Å². The molecule has 1 aliphatic rings. The second kappa shape index (κ2) is 7.87. The second-order valence-electron chi connectivity index (χ2n) is 5.68. The summed E-state index contributed by atoms with van der Waals surface area (Å²) in [6.07, 6.45) is 1.20. The van der Waals surface area contributed by atoms with E-state index in [-0.39, 0.29) is 18.0 Å². The van der Waals surface area contributed by atoms with Crippen LogP contribution in [0.1, 0.15) is 10.4 Å². The van der Waals surface area contributed by atoms with Gasteiger partial charge in [0.2, 0.25) is 5.91 Å². The molecule has 0 unspecified atom stereocenters. The minimum atomic E-state index is -4.54. The molecule has 1 saturated heterocycles. The van der Waals surface area contributed by atoms with E-state index < -0.39 is 28.2 Å². The van der Waals surface area contributed by atoms with Crippen LogP contribution in [0.5, 0.6) is 0 Å². The minimum Gasteiger partial charge on any atom is -0.360 e. The summed E-state index contributed by atoms with van der Waals surface area (Å²) in [5.41, 5.74) is -3.45. The quantitative estimate of drug-likeness (QED) is 0.778. The van der Waals surface area contributed by atoms with Crippen LogP contribution in [0.3, 0.4) is 0 Å². The Morgan fingerprint density at radius 2 is 1.96 bits per heavy atom. The van der Waals surface area contributed by atoms with Gasteiger partial charge in [-0.2, -0.15) is 13.2 Å². The van der Waals surface area contributed by atoms with Crippen molar-refractivity contribution >= 4 is 35.0 Å². The average molecular weight is 396 g/mol. The van der Waals surface area contributed by atoms with Crippen molar-refractivity contribution < 1.29 is 22.8 Å². The van der Waals surface area contributed by atoms with Gasteiger partial charge >= 0.3 is 5.51 Å². The number of halogens is 3. The maximum atomic E-state index is 12.6. The summed E-state index contributed by atoms with van der Waals surface area (Å²) in [5, 5.41) is 4.89. The van der Waals surface area contributed by atoms with Gasteiger partial charge in [-0.1, -0.05) is 0 Å². The van der Waals surface area contributed by atoms with Crippen molar-refractivity contribution in [3.63, 3.8) is 0 Å². The van der Waals surface area contributed by atoms with Crippen LogP contribution in [0, 0.1) is 0 Å². The number of amides is 2. The van der Waals surface area contributed by atoms with Crippen LogP contribution in [-0.4, -0.2) is 41.9 Å². The van der Waals surface area contributed by atoms with E-state index in [2.05, 4.69) is 15.6 Å². The fourth-order valence-electron chi connectivity index (χ4n) is 2.57. The number of aromatic nitrogens is 1. The normalized spacial score (nSPS) is 14.6. The number of thioether (sulfide) groups is 1. The largest absolute Gasteiger partial charge is 0.447 e. The van der Waals surface area contributed by atoms with Gasteiger partial charge in [0.15, 0.2) is 0 Å². The third-order valence-electron chi connectivity index (χ3n) is 3.76. The molecule has 1 fully saturated rings. The zero-order valence-electron chi connectivity index (χ0n) is 13.9. The number of piperazine rings is 1. The number of alkyl halides is 3. The van der Waals surface area contributed by atoms with E-state index in [4.69, 9.17) is 0 Å². The lowest BCUT2D eigenvalue weighted by atomic mass is 10.2. The Labute approximate surface area is 157 Å². The van der Waals surface area contributed by atoms with Crippen LogP contribution in [0.4, 0.5) is 24.5 Å². The van der Waals surface area contributed by atoms with Crippen molar-refractivity contribution in [3.05, 3.63) is 48.2 Å². The lowest BCUT2D eigenvalue weighted by molar-refractivity contribution is -0.120. The highest BCUT2D eigenvalue weighted by Crippen LogP contribution is 2.37. The van der Waals surface area contributed by atoms with Crippen molar-refractivity contribution in [1.29, 1.82) is 0 Å². The number of pyridine rings is 1. The first-order valence-corrected chi connectivity index (χ1v) is 8.77. The first kappa shape index (κ1) is 19.0. The van der Waals surface area contributed by atoms with Crippen molar-refractivity contribution in [3.8, 4) is 0 Å². The molecule has 1 aliphatic heterocycles. The molecule has 1 aromatic carbocycles. The third kappa shape index (κ3) is 5.13. The number of benzene rings is 1. The fraction of sp³-hybridized carbons (Fsp3) is 0.235. The monoisotopic (exact) mass is 396 g/mol. The molecule has 0 bridgehead atoms. The standard InChI is InChI=1S/C17H15F3N4O2S/c18-17(19,20)27-16-13(2-1-7-22-16)15(26)23-11-3-5-12(6-4-11)24-9-8-21-14(25)10-24/h1-7H,8-10H2,(H,21,25)(H,23,26). The number of rotatable bonds is 4. The van der Waals surface area contributed by atoms with Gasteiger partial charge in [-0.15, -0.1) is 0 Å². The van der Waals surface area contributed by atoms with Gasteiger partial charge in [0.05, 0.1) is 12.1 Å². The Hall–Kier alpha value is -2.75. The number of carbonyl (C=O) groups excluding carboxylic acids is 2. The van der Waals surface area contributed by atoms with Crippen molar-refractivity contribution in [2.75, 3.05) is 29.9 Å². The number of anilines is 2. The Balaban J connectivity index is 1.71. The predicted molar refractivity (Wildman–Crippen MR) is 95.8 cm³/mol. The average Bonchev–Trinajstić information content (AvgIpc) is 2.61. The van der Waals surface area contributed by atoms with Crippen LogP contribution in [0.25, 0.3) is 0 Å². The number of nitrogens with one attached hydrogen (secondary N) is 2. The molecule has 0 spiro atoms. The van der Waals surface area contributed by atoms with Crippen LogP contribution < -0.4 is 15.5 Å². The molecule has 6 nitrogen and oxygen atoms in total. The van der Waals surface area contributed by atoms with E-state index >= 15 is 0 Å². The van der Waals surface area contributed by atoms with E-state index in [1.54, 1.807) is 24.3 Å². The number of hydrogen-bond acceptors (Lipinski definition) is 5. The van der Waals surface area contributed by atoms with E-state index in [0.29, 0.717) is 18.8 Å². The molecule has 142 valence electrons. The fourth-order valence-corrected chi connectivity index (χ4v) is 3.17. The van der Waals surface area contributed by atoms with Gasteiger partial charge in [-0.05, 0) is 36.4 Å². The maximum absolute atomic E-state index is 12.6. The molecule has 0 saturated carbocycles. The Kier molecular flexibility index (Phi) is 5.54. The van der Waals surface area contributed by atoms with Crippen LogP contribution in [-0.2, 0) is 4.79 Å². The summed E-state index contributed by atoms with van der Waals surface area (Å²) in [5.74, 6) is -0.746. The molecular weight excluding hydrogens is 381 g/mol. The number of hydrogen-bond donors (Lipinski definition) is 2. The van der Waals surface area contributed by atoms with Crippen LogP contribution in [0.2, 0.25) is 0 Å². The lowest BCUT2D eigenvalue weighted by Crippen LogP contribution is -2.47. The maximum Gasteiger partial charge on any atom is 0.447 e. The first-order valence-electron chi connectivity index (χ1n) is 7.96. The molecule has 10 heteroatoms. The van der Waals surface area contributed by atoms with Crippen molar-refractivity contribution in [1.82, 2.24) is 10.3 Å². The van der Waals surface area contributed by atoms with Gasteiger partial charge in [0.25, 0.3) is 5.91 Å². The lowest BCUT2D eigenvalue weighted by Gasteiger charge is -2.28. The molecule has 2 aromatic rings. The molecule has 3 rings (SSSR count). The summed E-state index contributed by atoms with van der Waals surface area (Å²) in [6.45, 7) is 1.47. The second-order valence-corrected chi connectivity index (χ2v) is 6.73. The molecule has 0 atom stereocenters. The van der Waals surface area contributed by atoms with Gasteiger partial charge in [-0.25, -0.2) is 4.98 Å². The Morgan fingerprint density at radius 1 is 1.22 bits per heavy atom. The topological polar surface area (TPSA) is 74.3 Å². The number of carbonyl (C=O) groups is 2. The summed E-state index contributed by atoms with van der Waals surface area (Å²) in [7, 11) is 0. The van der Waals surface area contributed by atoms with Crippen LogP contribution in [0.15, 0.2) is 47.6 Å². The van der Waals surface area contributed by atoms with E-state index in [0.717, 1.165) is 5.69 Å². The van der Waals surface area contributed by atoms with Crippen LogP contribution >= 0.6 is 11.8 Å². The molecule has 2 amide bonds. The molecular formula is C17H15F3N4O2S. The molecule has 1 aromatic heterocycles. The molecule has 0 aliphatic carbocycles.